The molecule has 4 heteroatoms. The van der Waals surface area contributed by atoms with E-state index in [1.54, 1.807) is 12.1 Å². The highest BCUT2D eigenvalue weighted by atomic mass is 16.5. The normalized spacial score (nSPS) is 11.7. The van der Waals surface area contributed by atoms with Crippen LogP contribution in [0.4, 0.5) is 0 Å². The highest BCUT2D eigenvalue weighted by molar-refractivity contribution is 5.94. The molecule has 0 fully saturated rings. The molecule has 2 N–H and O–H groups in total. The van der Waals surface area contributed by atoms with Gasteiger partial charge >= 0.3 is 0 Å². The molecule has 1 amide bonds. The van der Waals surface area contributed by atoms with Crippen molar-refractivity contribution in [3.8, 4) is 5.75 Å². The van der Waals surface area contributed by atoms with Gasteiger partial charge in [-0.1, -0.05) is 36.4 Å². The van der Waals surface area contributed by atoms with E-state index in [1.165, 1.54) is 0 Å². The van der Waals surface area contributed by atoms with E-state index in [9.17, 15) is 4.79 Å². The summed E-state index contributed by atoms with van der Waals surface area (Å²) in [7, 11) is 0. The fourth-order valence-electron chi connectivity index (χ4n) is 2.24. The number of aliphatic hydroxyl groups is 1. The molecule has 0 saturated heterocycles. The molecule has 0 aliphatic rings. The van der Waals surface area contributed by atoms with Gasteiger partial charge in [0.25, 0.3) is 5.91 Å². The van der Waals surface area contributed by atoms with Crippen molar-refractivity contribution < 1.29 is 14.6 Å². The molecular formula is C19H23NO3. The molecule has 0 bridgehead atoms. The Morgan fingerprint density at radius 2 is 1.96 bits per heavy atom. The van der Waals surface area contributed by atoms with Gasteiger partial charge in [-0.3, -0.25) is 4.79 Å². The summed E-state index contributed by atoms with van der Waals surface area (Å²) in [5, 5.41) is 11.8. The molecule has 0 heterocycles. The number of hydrogen-bond acceptors (Lipinski definition) is 3. The molecule has 1 unspecified atom stereocenters. The van der Waals surface area contributed by atoms with Crippen molar-refractivity contribution >= 4 is 5.91 Å². The van der Waals surface area contributed by atoms with Crippen LogP contribution in [-0.2, 0) is 6.61 Å². The van der Waals surface area contributed by atoms with Gasteiger partial charge in [-0.25, -0.2) is 0 Å². The van der Waals surface area contributed by atoms with Crippen molar-refractivity contribution in [2.75, 3.05) is 6.61 Å². The van der Waals surface area contributed by atoms with Crippen LogP contribution in [-0.4, -0.2) is 23.7 Å². The standard InChI is InChI=1S/C19H23NO3/c1-15(7-6-12-21)20-19(22)17-10-5-11-18(13-17)23-14-16-8-3-2-4-9-16/h2-5,8-11,13,15,21H,6-7,12,14H2,1H3,(H,20,22). The number of carbonyl (C=O) groups is 1. The topological polar surface area (TPSA) is 58.6 Å². The zero-order chi connectivity index (χ0) is 16.5. The van der Waals surface area contributed by atoms with E-state index < -0.39 is 0 Å². The molecule has 2 aromatic carbocycles. The molecule has 122 valence electrons. The second kappa shape index (κ2) is 8.96. The van der Waals surface area contributed by atoms with Gasteiger partial charge in [0, 0.05) is 18.2 Å². The number of benzene rings is 2. The maximum atomic E-state index is 12.2. The minimum absolute atomic E-state index is 0.0311. The predicted molar refractivity (Wildman–Crippen MR) is 90.5 cm³/mol. The third-order valence-electron chi connectivity index (χ3n) is 3.52. The molecule has 0 aromatic heterocycles. The van der Waals surface area contributed by atoms with Crippen molar-refractivity contribution in [2.24, 2.45) is 0 Å². The maximum absolute atomic E-state index is 12.2. The predicted octanol–water partition coefficient (Wildman–Crippen LogP) is 3.16. The highest BCUT2D eigenvalue weighted by Crippen LogP contribution is 2.15. The molecule has 2 aromatic rings. The molecule has 0 aliphatic carbocycles. The third-order valence-corrected chi connectivity index (χ3v) is 3.52. The number of rotatable bonds is 8. The molecule has 0 saturated carbocycles. The van der Waals surface area contributed by atoms with Crippen LogP contribution in [0.3, 0.4) is 0 Å². The van der Waals surface area contributed by atoms with Gasteiger partial charge in [-0.2, -0.15) is 0 Å². The Labute approximate surface area is 137 Å². The Balaban J connectivity index is 1.92. The second-order valence-electron chi connectivity index (χ2n) is 5.54. The van der Waals surface area contributed by atoms with Gasteiger partial charge in [-0.15, -0.1) is 0 Å². The summed E-state index contributed by atoms with van der Waals surface area (Å²) >= 11 is 0. The second-order valence-corrected chi connectivity index (χ2v) is 5.54. The Morgan fingerprint density at radius 3 is 2.70 bits per heavy atom. The van der Waals surface area contributed by atoms with E-state index in [0.717, 1.165) is 12.0 Å². The molecule has 0 spiro atoms. The minimum atomic E-state index is -0.124. The largest absolute Gasteiger partial charge is 0.489 e. The summed E-state index contributed by atoms with van der Waals surface area (Å²) in [6.07, 6.45) is 1.44. The lowest BCUT2D eigenvalue weighted by Crippen LogP contribution is -2.32. The van der Waals surface area contributed by atoms with Crippen LogP contribution in [0.15, 0.2) is 54.6 Å². The number of ether oxygens (including phenoxy) is 1. The van der Waals surface area contributed by atoms with Crippen LogP contribution in [0.25, 0.3) is 0 Å². The Bertz CT molecular complexity index is 613. The first-order valence-corrected chi connectivity index (χ1v) is 7.87. The van der Waals surface area contributed by atoms with Gasteiger partial charge in [0.15, 0.2) is 0 Å². The Hall–Kier alpha value is -2.33. The minimum Gasteiger partial charge on any atom is -0.489 e. The summed E-state index contributed by atoms with van der Waals surface area (Å²) in [6, 6.07) is 17.1. The van der Waals surface area contributed by atoms with Gasteiger partial charge < -0.3 is 15.2 Å². The lowest BCUT2D eigenvalue weighted by atomic mass is 10.1. The SMILES string of the molecule is CC(CCCO)NC(=O)c1cccc(OCc2ccccc2)c1. The van der Waals surface area contributed by atoms with E-state index in [1.807, 2.05) is 49.4 Å². The molecule has 1 atom stereocenters. The summed E-state index contributed by atoms with van der Waals surface area (Å²) < 4.78 is 5.74. The maximum Gasteiger partial charge on any atom is 0.251 e. The fourth-order valence-corrected chi connectivity index (χ4v) is 2.24. The van der Waals surface area contributed by atoms with E-state index in [-0.39, 0.29) is 18.6 Å². The molecular weight excluding hydrogens is 290 g/mol. The summed E-state index contributed by atoms with van der Waals surface area (Å²) in [4.78, 5) is 12.2. The number of amides is 1. The highest BCUT2D eigenvalue weighted by Gasteiger charge is 2.10. The molecule has 0 aliphatic heterocycles. The number of nitrogens with one attached hydrogen (secondary N) is 1. The monoisotopic (exact) mass is 313 g/mol. The van der Waals surface area contributed by atoms with Crippen LogP contribution < -0.4 is 10.1 Å². The van der Waals surface area contributed by atoms with E-state index in [0.29, 0.717) is 24.3 Å². The van der Waals surface area contributed by atoms with Gasteiger partial charge in [0.1, 0.15) is 12.4 Å². The van der Waals surface area contributed by atoms with Crippen molar-refractivity contribution in [3.63, 3.8) is 0 Å². The first-order chi connectivity index (χ1) is 11.2. The van der Waals surface area contributed by atoms with Crippen molar-refractivity contribution in [1.82, 2.24) is 5.32 Å². The first kappa shape index (κ1) is 17.0. The smallest absolute Gasteiger partial charge is 0.251 e. The number of aliphatic hydroxyl groups excluding tert-OH is 1. The average Bonchev–Trinajstić information content (AvgIpc) is 2.59. The number of carbonyl (C=O) groups excluding carboxylic acids is 1. The van der Waals surface area contributed by atoms with E-state index in [2.05, 4.69) is 5.32 Å². The van der Waals surface area contributed by atoms with E-state index in [4.69, 9.17) is 9.84 Å². The van der Waals surface area contributed by atoms with Gasteiger partial charge in [0.05, 0.1) is 0 Å². The zero-order valence-electron chi connectivity index (χ0n) is 13.4. The summed E-state index contributed by atoms with van der Waals surface area (Å²) in [5.74, 6) is 0.546. The quantitative estimate of drug-likeness (QED) is 0.787. The van der Waals surface area contributed by atoms with Gasteiger partial charge in [0.2, 0.25) is 0 Å². The van der Waals surface area contributed by atoms with Crippen molar-refractivity contribution in [3.05, 3.63) is 65.7 Å². The van der Waals surface area contributed by atoms with Crippen LogP contribution >= 0.6 is 0 Å². The zero-order valence-corrected chi connectivity index (χ0v) is 13.4. The van der Waals surface area contributed by atoms with Crippen LogP contribution in [0.1, 0.15) is 35.7 Å². The molecule has 23 heavy (non-hydrogen) atoms. The summed E-state index contributed by atoms with van der Waals surface area (Å²) in [6.45, 7) is 2.55. The van der Waals surface area contributed by atoms with Gasteiger partial charge in [-0.05, 0) is 43.5 Å². The van der Waals surface area contributed by atoms with Crippen molar-refractivity contribution in [2.45, 2.75) is 32.4 Å². The molecule has 4 nitrogen and oxygen atoms in total. The van der Waals surface area contributed by atoms with Crippen LogP contribution in [0.2, 0.25) is 0 Å². The fraction of sp³-hybridized carbons (Fsp3) is 0.316. The lowest BCUT2D eigenvalue weighted by molar-refractivity contribution is 0.0936. The van der Waals surface area contributed by atoms with Crippen LogP contribution in [0.5, 0.6) is 5.75 Å². The lowest BCUT2D eigenvalue weighted by Gasteiger charge is -2.14. The molecule has 0 radical (unpaired) electrons. The Kier molecular flexibility index (Phi) is 6.63. The summed E-state index contributed by atoms with van der Waals surface area (Å²) in [5.41, 5.74) is 1.66. The van der Waals surface area contributed by atoms with Crippen molar-refractivity contribution in [1.29, 1.82) is 0 Å². The molecule has 2 rings (SSSR count). The first-order valence-electron chi connectivity index (χ1n) is 7.87. The third kappa shape index (κ3) is 5.75. The number of hydrogen-bond donors (Lipinski definition) is 2. The van der Waals surface area contributed by atoms with E-state index >= 15 is 0 Å². The van der Waals surface area contributed by atoms with Crippen LogP contribution in [0, 0.1) is 0 Å². The Morgan fingerprint density at radius 1 is 1.17 bits per heavy atom. The average molecular weight is 313 g/mol.